The van der Waals surface area contributed by atoms with E-state index in [-0.39, 0.29) is 0 Å². The van der Waals surface area contributed by atoms with Gasteiger partial charge in [-0.25, -0.2) is 17.6 Å². The third-order valence-electron chi connectivity index (χ3n) is 2.30. The van der Waals surface area contributed by atoms with Gasteiger partial charge in [-0.2, -0.15) is 0 Å². The van der Waals surface area contributed by atoms with E-state index in [1.54, 1.807) is 0 Å². The van der Waals surface area contributed by atoms with Crippen LogP contribution in [0.25, 0.3) is 0 Å². The van der Waals surface area contributed by atoms with Crippen LogP contribution in [0.5, 0.6) is 0 Å². The normalized spacial score (nSPS) is 11.1. The smallest absolute Gasteiger partial charge is 0.185 e. The van der Waals surface area contributed by atoms with Gasteiger partial charge in [-0.05, 0) is 5.92 Å². The van der Waals surface area contributed by atoms with Crippen LogP contribution < -0.4 is 4.90 Å². The first kappa shape index (κ1) is 12.8. The second-order valence-electron chi connectivity index (χ2n) is 4.07. The van der Waals surface area contributed by atoms with Crippen LogP contribution >= 0.6 is 0 Å². The number of hydrogen-bond acceptors (Lipinski definition) is 1. The van der Waals surface area contributed by atoms with E-state index in [2.05, 4.69) is 0 Å². The molecular formula is C11H13F4N. The SMILES string of the molecule is CC(C)c1c(F)c(F)c(N(C)C)c(F)c1F. The van der Waals surface area contributed by atoms with Crippen molar-refractivity contribution in [3.8, 4) is 0 Å². The molecule has 16 heavy (non-hydrogen) atoms. The Morgan fingerprint density at radius 3 is 1.44 bits per heavy atom. The highest BCUT2D eigenvalue weighted by molar-refractivity contribution is 5.51. The quantitative estimate of drug-likeness (QED) is 0.560. The maximum absolute atomic E-state index is 13.5. The lowest BCUT2D eigenvalue weighted by molar-refractivity contribution is 0.434. The lowest BCUT2D eigenvalue weighted by atomic mass is 10.0. The van der Waals surface area contributed by atoms with Crippen molar-refractivity contribution in [1.82, 2.24) is 0 Å². The van der Waals surface area contributed by atoms with Gasteiger partial charge in [-0.1, -0.05) is 13.8 Å². The monoisotopic (exact) mass is 235 g/mol. The molecule has 0 aromatic heterocycles. The number of benzene rings is 1. The molecule has 0 aliphatic rings. The van der Waals surface area contributed by atoms with E-state index >= 15 is 0 Å². The third-order valence-corrected chi connectivity index (χ3v) is 2.30. The minimum atomic E-state index is -1.35. The van der Waals surface area contributed by atoms with Gasteiger partial charge in [0.2, 0.25) is 0 Å². The molecule has 0 aliphatic carbocycles. The molecule has 1 rings (SSSR count). The second kappa shape index (κ2) is 4.31. The van der Waals surface area contributed by atoms with Crippen molar-refractivity contribution in [2.75, 3.05) is 19.0 Å². The highest BCUT2D eigenvalue weighted by atomic mass is 19.2. The van der Waals surface area contributed by atoms with Crippen molar-refractivity contribution in [3.63, 3.8) is 0 Å². The number of hydrogen-bond donors (Lipinski definition) is 0. The maximum Gasteiger partial charge on any atom is 0.185 e. The molecular weight excluding hydrogens is 222 g/mol. The van der Waals surface area contributed by atoms with E-state index in [0.717, 1.165) is 4.90 Å². The molecule has 0 saturated heterocycles. The summed E-state index contributed by atoms with van der Waals surface area (Å²) in [6, 6.07) is 0. The van der Waals surface area contributed by atoms with Crippen LogP contribution in [0.3, 0.4) is 0 Å². The van der Waals surface area contributed by atoms with Crippen LogP contribution in [0.1, 0.15) is 25.3 Å². The summed E-state index contributed by atoms with van der Waals surface area (Å²) >= 11 is 0. The molecule has 0 spiro atoms. The fraction of sp³-hybridized carbons (Fsp3) is 0.455. The van der Waals surface area contributed by atoms with Crippen molar-refractivity contribution in [3.05, 3.63) is 28.8 Å². The van der Waals surface area contributed by atoms with Gasteiger partial charge in [-0.15, -0.1) is 0 Å². The predicted molar refractivity (Wildman–Crippen MR) is 54.7 cm³/mol. The highest BCUT2D eigenvalue weighted by Gasteiger charge is 2.27. The second-order valence-corrected chi connectivity index (χ2v) is 4.07. The fourth-order valence-electron chi connectivity index (χ4n) is 1.54. The average Bonchev–Trinajstić information content (AvgIpc) is 2.14. The Morgan fingerprint density at radius 2 is 1.19 bits per heavy atom. The van der Waals surface area contributed by atoms with Crippen molar-refractivity contribution in [2.45, 2.75) is 19.8 Å². The topological polar surface area (TPSA) is 3.24 Å². The lowest BCUT2D eigenvalue weighted by Crippen LogP contribution is -2.17. The summed E-state index contributed by atoms with van der Waals surface area (Å²) in [5.41, 5.74) is -1.25. The van der Waals surface area contributed by atoms with E-state index in [4.69, 9.17) is 0 Å². The summed E-state index contributed by atoms with van der Waals surface area (Å²) in [7, 11) is 2.63. The summed E-state index contributed by atoms with van der Waals surface area (Å²) in [5.74, 6) is -5.98. The Bertz CT molecular complexity index is 345. The molecule has 5 heteroatoms. The van der Waals surface area contributed by atoms with Gasteiger partial charge in [0.1, 0.15) is 5.69 Å². The zero-order valence-corrected chi connectivity index (χ0v) is 9.54. The zero-order valence-electron chi connectivity index (χ0n) is 9.54. The van der Waals surface area contributed by atoms with Crippen LogP contribution in [0, 0.1) is 23.3 Å². The molecule has 1 aromatic rings. The molecule has 0 N–H and O–H groups in total. The standard InChI is InChI=1S/C11H13F4N/c1-5(2)6-7(12)9(14)11(16(3)4)10(15)8(6)13/h5H,1-4H3. The summed E-state index contributed by atoms with van der Waals surface area (Å²) in [6.45, 7) is 2.94. The van der Waals surface area contributed by atoms with Gasteiger partial charge < -0.3 is 4.90 Å². The van der Waals surface area contributed by atoms with Crippen molar-refractivity contribution in [2.24, 2.45) is 0 Å². The molecule has 0 unspecified atom stereocenters. The number of anilines is 1. The van der Waals surface area contributed by atoms with Gasteiger partial charge in [-0.3, -0.25) is 0 Å². The van der Waals surface area contributed by atoms with Crippen LogP contribution in [-0.4, -0.2) is 14.1 Å². The first-order valence-corrected chi connectivity index (χ1v) is 4.82. The molecule has 90 valence electrons. The molecule has 0 saturated carbocycles. The molecule has 0 heterocycles. The number of halogens is 4. The maximum atomic E-state index is 13.5. The molecule has 0 bridgehead atoms. The molecule has 0 radical (unpaired) electrons. The molecule has 1 aromatic carbocycles. The molecule has 0 fully saturated rings. The largest absolute Gasteiger partial charge is 0.373 e. The minimum Gasteiger partial charge on any atom is -0.373 e. The fourth-order valence-corrected chi connectivity index (χ4v) is 1.54. The number of rotatable bonds is 2. The van der Waals surface area contributed by atoms with Gasteiger partial charge in [0.25, 0.3) is 0 Å². The van der Waals surface area contributed by atoms with Crippen LogP contribution in [0.15, 0.2) is 0 Å². The first-order valence-electron chi connectivity index (χ1n) is 4.82. The number of nitrogens with zero attached hydrogens (tertiary/aromatic N) is 1. The minimum absolute atomic E-state index is 0.555. The van der Waals surface area contributed by atoms with Crippen molar-refractivity contribution < 1.29 is 17.6 Å². The van der Waals surface area contributed by atoms with E-state index < -0.39 is 40.4 Å². The summed E-state index contributed by atoms with van der Waals surface area (Å²) in [4.78, 5) is 1.00. The van der Waals surface area contributed by atoms with E-state index in [9.17, 15) is 17.6 Å². The van der Waals surface area contributed by atoms with Crippen molar-refractivity contribution in [1.29, 1.82) is 0 Å². The van der Waals surface area contributed by atoms with Gasteiger partial charge in [0.05, 0.1) is 0 Å². The Balaban J connectivity index is 3.63. The predicted octanol–water partition coefficient (Wildman–Crippen LogP) is 3.43. The van der Waals surface area contributed by atoms with Crippen molar-refractivity contribution >= 4 is 5.69 Å². The van der Waals surface area contributed by atoms with Crippen LogP contribution in [-0.2, 0) is 0 Å². The summed E-state index contributed by atoms with van der Waals surface area (Å²) < 4.78 is 54.0. The third kappa shape index (κ3) is 1.86. The van der Waals surface area contributed by atoms with E-state index in [1.807, 2.05) is 0 Å². The zero-order chi connectivity index (χ0) is 12.6. The van der Waals surface area contributed by atoms with E-state index in [0.29, 0.717) is 0 Å². The van der Waals surface area contributed by atoms with Gasteiger partial charge >= 0.3 is 0 Å². The molecule has 0 aliphatic heterocycles. The van der Waals surface area contributed by atoms with Gasteiger partial charge in [0.15, 0.2) is 23.3 Å². The summed E-state index contributed by atoms with van der Waals surface area (Å²) in [6.07, 6.45) is 0. The van der Waals surface area contributed by atoms with Crippen LogP contribution in [0.2, 0.25) is 0 Å². The Kier molecular flexibility index (Phi) is 3.45. The molecule has 0 amide bonds. The van der Waals surface area contributed by atoms with Crippen LogP contribution in [0.4, 0.5) is 23.2 Å². The summed E-state index contributed by atoms with van der Waals surface area (Å²) in [5, 5.41) is 0. The van der Waals surface area contributed by atoms with Gasteiger partial charge in [0, 0.05) is 19.7 Å². The molecule has 1 nitrogen and oxygen atoms in total. The molecule has 0 atom stereocenters. The Labute approximate surface area is 91.7 Å². The Morgan fingerprint density at radius 1 is 0.812 bits per heavy atom. The highest BCUT2D eigenvalue weighted by Crippen LogP contribution is 2.33. The average molecular weight is 235 g/mol. The van der Waals surface area contributed by atoms with E-state index in [1.165, 1.54) is 27.9 Å². The first-order chi connectivity index (χ1) is 7.29. The Hall–Kier alpha value is -1.26. The lowest BCUT2D eigenvalue weighted by Gasteiger charge is -2.18.